The normalized spacial score (nSPS) is 15.5. The molecular formula is C22H28N4. The van der Waals surface area contributed by atoms with E-state index in [4.69, 9.17) is 4.98 Å². The predicted octanol–water partition coefficient (Wildman–Crippen LogP) is 5.10. The molecule has 1 N–H and O–H groups in total. The Hall–Kier alpha value is -2.36. The molecule has 0 atom stereocenters. The summed E-state index contributed by atoms with van der Waals surface area (Å²) in [6.07, 6.45) is 9.50. The zero-order chi connectivity index (χ0) is 17.9. The van der Waals surface area contributed by atoms with E-state index in [0.717, 1.165) is 30.0 Å². The summed E-state index contributed by atoms with van der Waals surface area (Å²) in [6.45, 7) is 5.08. The molecule has 2 heterocycles. The van der Waals surface area contributed by atoms with Gasteiger partial charge in [-0.1, -0.05) is 38.3 Å². The van der Waals surface area contributed by atoms with Crippen LogP contribution in [-0.2, 0) is 13.0 Å². The number of hydrogen-bond donors (Lipinski definition) is 1. The minimum atomic E-state index is 0.645. The summed E-state index contributed by atoms with van der Waals surface area (Å²) in [5.41, 5.74) is 5.74. The van der Waals surface area contributed by atoms with Gasteiger partial charge >= 0.3 is 0 Å². The molecule has 1 aromatic carbocycles. The average Bonchev–Trinajstić information content (AvgIpc) is 3.03. The zero-order valence-electron chi connectivity index (χ0n) is 15.8. The molecule has 0 spiro atoms. The van der Waals surface area contributed by atoms with Crippen molar-refractivity contribution in [3.8, 4) is 0 Å². The van der Waals surface area contributed by atoms with Gasteiger partial charge in [-0.3, -0.25) is 0 Å². The molecule has 0 saturated heterocycles. The number of aryl methyl sites for hydroxylation is 2. The van der Waals surface area contributed by atoms with Crippen LogP contribution >= 0.6 is 0 Å². The van der Waals surface area contributed by atoms with Gasteiger partial charge < -0.3 is 9.88 Å². The molecule has 1 fully saturated rings. The Kier molecular flexibility index (Phi) is 4.91. The van der Waals surface area contributed by atoms with Crippen molar-refractivity contribution in [1.29, 1.82) is 0 Å². The SMILES string of the molecule is CCc1nc2c(C)ccnc2n1Cc1ccc(NC2CCCCC2)cc1. The van der Waals surface area contributed by atoms with Crippen LogP contribution in [-0.4, -0.2) is 20.6 Å². The molecule has 4 rings (SSSR count). The maximum Gasteiger partial charge on any atom is 0.160 e. The second-order valence-corrected chi connectivity index (χ2v) is 7.44. The number of imidazole rings is 1. The molecule has 0 aliphatic heterocycles. The fraction of sp³-hybridized carbons (Fsp3) is 0.455. The fourth-order valence-electron chi connectivity index (χ4n) is 3.99. The minimum absolute atomic E-state index is 0.645. The molecule has 1 saturated carbocycles. The number of nitrogens with zero attached hydrogens (tertiary/aromatic N) is 3. The van der Waals surface area contributed by atoms with Crippen LogP contribution in [0.5, 0.6) is 0 Å². The summed E-state index contributed by atoms with van der Waals surface area (Å²) in [7, 11) is 0. The summed E-state index contributed by atoms with van der Waals surface area (Å²) in [4.78, 5) is 9.40. The summed E-state index contributed by atoms with van der Waals surface area (Å²) in [5.74, 6) is 1.10. The second kappa shape index (κ2) is 7.48. The van der Waals surface area contributed by atoms with E-state index in [2.05, 4.69) is 53.0 Å². The highest BCUT2D eigenvalue weighted by Gasteiger charge is 2.14. The highest BCUT2D eigenvalue weighted by molar-refractivity contribution is 5.75. The van der Waals surface area contributed by atoms with E-state index in [1.165, 1.54) is 48.9 Å². The lowest BCUT2D eigenvalue weighted by Crippen LogP contribution is -2.22. The van der Waals surface area contributed by atoms with Crippen LogP contribution in [0, 0.1) is 6.92 Å². The first-order valence-electron chi connectivity index (χ1n) is 9.91. The van der Waals surface area contributed by atoms with Crippen LogP contribution in [0.4, 0.5) is 5.69 Å². The van der Waals surface area contributed by atoms with Crippen molar-refractivity contribution in [3.05, 3.63) is 53.5 Å². The van der Waals surface area contributed by atoms with Crippen molar-refractivity contribution in [2.24, 2.45) is 0 Å². The van der Waals surface area contributed by atoms with Crippen LogP contribution in [0.2, 0.25) is 0 Å². The van der Waals surface area contributed by atoms with Gasteiger partial charge in [-0.25, -0.2) is 9.97 Å². The summed E-state index contributed by atoms with van der Waals surface area (Å²) in [5, 5.41) is 3.70. The topological polar surface area (TPSA) is 42.7 Å². The highest BCUT2D eigenvalue weighted by Crippen LogP contribution is 2.23. The van der Waals surface area contributed by atoms with Gasteiger partial charge in [0.25, 0.3) is 0 Å². The Labute approximate surface area is 155 Å². The number of hydrogen-bond acceptors (Lipinski definition) is 3. The maximum atomic E-state index is 4.81. The predicted molar refractivity (Wildman–Crippen MR) is 108 cm³/mol. The fourth-order valence-corrected chi connectivity index (χ4v) is 3.99. The number of nitrogens with one attached hydrogen (secondary N) is 1. The number of pyridine rings is 1. The number of benzene rings is 1. The van der Waals surface area contributed by atoms with Gasteiger partial charge in [0.1, 0.15) is 11.3 Å². The third kappa shape index (κ3) is 3.46. The Morgan fingerprint density at radius 3 is 2.58 bits per heavy atom. The van der Waals surface area contributed by atoms with Gasteiger partial charge in [0, 0.05) is 24.3 Å². The molecule has 3 aromatic rings. The quantitative estimate of drug-likeness (QED) is 0.698. The largest absolute Gasteiger partial charge is 0.382 e. The van der Waals surface area contributed by atoms with E-state index in [-0.39, 0.29) is 0 Å². The third-order valence-corrected chi connectivity index (χ3v) is 5.50. The van der Waals surface area contributed by atoms with Crippen molar-refractivity contribution < 1.29 is 0 Å². The van der Waals surface area contributed by atoms with E-state index in [0.29, 0.717) is 6.04 Å². The van der Waals surface area contributed by atoms with E-state index < -0.39 is 0 Å². The number of anilines is 1. The third-order valence-electron chi connectivity index (χ3n) is 5.50. The molecule has 0 radical (unpaired) electrons. The average molecular weight is 348 g/mol. The molecule has 1 aliphatic rings. The van der Waals surface area contributed by atoms with Crippen LogP contribution < -0.4 is 5.32 Å². The van der Waals surface area contributed by atoms with Gasteiger partial charge in [0.2, 0.25) is 0 Å². The van der Waals surface area contributed by atoms with Crippen molar-refractivity contribution in [3.63, 3.8) is 0 Å². The van der Waals surface area contributed by atoms with E-state index in [9.17, 15) is 0 Å². The summed E-state index contributed by atoms with van der Waals surface area (Å²) < 4.78 is 2.26. The minimum Gasteiger partial charge on any atom is -0.382 e. The standard InChI is InChI=1S/C22H28N4/c1-3-20-25-21-16(2)13-14-23-22(21)26(20)15-17-9-11-19(12-10-17)24-18-7-5-4-6-8-18/h9-14,18,24H,3-8,15H2,1-2H3. The lowest BCUT2D eigenvalue weighted by molar-refractivity contribution is 0.463. The molecule has 0 bridgehead atoms. The smallest absolute Gasteiger partial charge is 0.160 e. The summed E-state index contributed by atoms with van der Waals surface area (Å²) in [6, 6.07) is 11.6. The van der Waals surface area contributed by atoms with Crippen molar-refractivity contribution in [1.82, 2.24) is 14.5 Å². The zero-order valence-corrected chi connectivity index (χ0v) is 15.8. The Morgan fingerprint density at radius 2 is 1.85 bits per heavy atom. The van der Waals surface area contributed by atoms with Crippen LogP contribution in [0.15, 0.2) is 36.5 Å². The molecule has 1 aliphatic carbocycles. The number of fused-ring (bicyclic) bond motifs is 1. The van der Waals surface area contributed by atoms with Gasteiger partial charge in [-0.15, -0.1) is 0 Å². The number of rotatable bonds is 5. The van der Waals surface area contributed by atoms with Crippen LogP contribution in [0.3, 0.4) is 0 Å². The monoisotopic (exact) mass is 348 g/mol. The Morgan fingerprint density at radius 1 is 1.08 bits per heavy atom. The van der Waals surface area contributed by atoms with Crippen molar-refractivity contribution in [2.75, 3.05) is 5.32 Å². The molecular weight excluding hydrogens is 320 g/mol. The van der Waals surface area contributed by atoms with Gasteiger partial charge in [-0.05, 0) is 49.1 Å². The van der Waals surface area contributed by atoms with Crippen molar-refractivity contribution in [2.45, 2.75) is 65.0 Å². The highest BCUT2D eigenvalue weighted by atomic mass is 15.1. The molecule has 0 amide bonds. The summed E-state index contributed by atoms with van der Waals surface area (Å²) >= 11 is 0. The number of aromatic nitrogens is 3. The Balaban J connectivity index is 1.54. The first-order valence-corrected chi connectivity index (χ1v) is 9.91. The second-order valence-electron chi connectivity index (χ2n) is 7.44. The van der Waals surface area contributed by atoms with Crippen LogP contribution in [0.1, 0.15) is 56.0 Å². The molecule has 4 heteroatoms. The van der Waals surface area contributed by atoms with Crippen LogP contribution in [0.25, 0.3) is 11.2 Å². The lowest BCUT2D eigenvalue weighted by atomic mass is 9.95. The van der Waals surface area contributed by atoms with E-state index in [1.807, 2.05) is 12.3 Å². The first-order chi connectivity index (χ1) is 12.7. The molecule has 136 valence electrons. The first kappa shape index (κ1) is 17.1. The van der Waals surface area contributed by atoms with E-state index in [1.54, 1.807) is 0 Å². The molecule has 0 unspecified atom stereocenters. The molecule has 2 aromatic heterocycles. The van der Waals surface area contributed by atoms with E-state index >= 15 is 0 Å². The Bertz CT molecular complexity index is 873. The van der Waals surface area contributed by atoms with Gasteiger partial charge in [-0.2, -0.15) is 0 Å². The lowest BCUT2D eigenvalue weighted by Gasteiger charge is -2.24. The molecule has 4 nitrogen and oxygen atoms in total. The van der Waals surface area contributed by atoms with Gasteiger partial charge in [0.05, 0.1) is 6.54 Å². The molecule has 26 heavy (non-hydrogen) atoms. The van der Waals surface area contributed by atoms with Gasteiger partial charge in [0.15, 0.2) is 5.65 Å². The maximum absolute atomic E-state index is 4.81. The van der Waals surface area contributed by atoms with Crippen molar-refractivity contribution >= 4 is 16.9 Å².